The van der Waals surface area contributed by atoms with Crippen LogP contribution in [0.5, 0.6) is 0 Å². The quantitative estimate of drug-likeness (QED) is 0.533. The van der Waals surface area contributed by atoms with Crippen LogP contribution in [0, 0.1) is 0 Å². The number of methoxy groups -OCH3 is 2. The molecule has 0 saturated heterocycles. The minimum Gasteiger partial charge on any atom is -0.464 e. The highest BCUT2D eigenvalue weighted by atomic mass is 16.5. The zero-order chi connectivity index (χ0) is 22.6. The number of hydrogen-bond acceptors (Lipinski definition) is 9. The normalized spacial score (nSPS) is 8.78. The molecule has 0 aliphatic carbocycles. The molecule has 0 bridgehead atoms. The molecule has 2 aromatic rings. The van der Waals surface area contributed by atoms with Crippen molar-refractivity contribution in [3.8, 4) is 0 Å². The summed E-state index contributed by atoms with van der Waals surface area (Å²) in [6.45, 7) is 7.70. The van der Waals surface area contributed by atoms with Gasteiger partial charge in [0, 0.05) is 26.7 Å². The molecule has 0 unspecified atom stereocenters. The second-order valence-corrected chi connectivity index (χ2v) is 6.06. The largest absolute Gasteiger partial charge is 0.464 e. The Morgan fingerprint density at radius 2 is 1.47 bits per heavy atom. The fraction of sp³-hybridized carbons (Fsp3) is 0.550. The van der Waals surface area contributed by atoms with Crippen LogP contribution in [-0.4, -0.2) is 65.4 Å². The van der Waals surface area contributed by atoms with Gasteiger partial charge in [0.25, 0.3) is 0 Å². The van der Waals surface area contributed by atoms with E-state index in [1.54, 1.807) is 21.6 Å². The lowest BCUT2D eigenvalue weighted by atomic mass is 10.3. The van der Waals surface area contributed by atoms with Crippen molar-refractivity contribution < 1.29 is 33.8 Å². The highest BCUT2D eigenvalue weighted by Crippen LogP contribution is 2.12. The van der Waals surface area contributed by atoms with Crippen molar-refractivity contribution in [3.63, 3.8) is 0 Å². The van der Waals surface area contributed by atoms with Crippen LogP contribution in [0.4, 0.5) is 0 Å². The van der Waals surface area contributed by atoms with E-state index in [2.05, 4.69) is 19.7 Å². The Labute approximate surface area is 191 Å². The maximum absolute atomic E-state index is 11.1. The number of rotatable bonds is 5. The average Bonchev–Trinajstić information content (AvgIpc) is 3.35. The Bertz CT molecular complexity index is 826. The number of ether oxygens (including phenoxy) is 2. The third-order valence-electron chi connectivity index (χ3n) is 3.39. The van der Waals surface area contributed by atoms with E-state index >= 15 is 0 Å². The van der Waals surface area contributed by atoms with E-state index in [1.165, 1.54) is 20.3 Å². The third kappa shape index (κ3) is 11.2. The van der Waals surface area contributed by atoms with Gasteiger partial charge in [-0.3, -0.25) is 9.36 Å². The Hall–Kier alpha value is -3.24. The molecule has 3 radical (unpaired) electrons. The molecule has 1 N–H and O–H groups in total. The van der Waals surface area contributed by atoms with Crippen LogP contribution in [0.15, 0.2) is 18.3 Å². The Balaban J connectivity index is -0.000000203. The molecule has 11 nitrogen and oxygen atoms in total. The number of aromatic nitrogens is 4. The van der Waals surface area contributed by atoms with Crippen LogP contribution in [0.3, 0.4) is 0 Å². The average molecular weight is 453 g/mol. The second-order valence-electron chi connectivity index (χ2n) is 6.06. The van der Waals surface area contributed by atoms with E-state index in [9.17, 15) is 9.59 Å². The number of esters is 2. The van der Waals surface area contributed by atoms with Crippen LogP contribution < -0.4 is 0 Å². The van der Waals surface area contributed by atoms with Gasteiger partial charge in [0.05, 0.1) is 26.5 Å². The summed E-state index contributed by atoms with van der Waals surface area (Å²) in [5.74, 6) is -0.881. The first kappa shape index (κ1) is 36.2. The summed E-state index contributed by atoms with van der Waals surface area (Å²) in [7, 11) is 2.64. The van der Waals surface area contributed by atoms with Gasteiger partial charge in [0.2, 0.25) is 0 Å². The van der Waals surface area contributed by atoms with Gasteiger partial charge in [0.15, 0.2) is 11.4 Å². The molecular weight excluding hydrogens is 419 g/mol. The van der Waals surface area contributed by atoms with Crippen molar-refractivity contribution in [1.29, 1.82) is 0 Å². The smallest absolute Gasteiger partial charge is 0.373 e. The number of carbonyl (C=O) groups is 2. The molecule has 0 saturated carbocycles. The first-order chi connectivity index (χ1) is 13.7. The summed E-state index contributed by atoms with van der Waals surface area (Å²) in [5.41, 5.74) is 1.19. The van der Waals surface area contributed by atoms with E-state index in [4.69, 9.17) is 14.7 Å². The van der Waals surface area contributed by atoms with Crippen LogP contribution in [0.1, 0.15) is 81.3 Å². The standard InChI is InChI=1S/C9H14N2O3.C8H12N2O2.CO2.2CH4.B/c1-6(2)11-7(5-12)4-8(10-11)9(13)14-3;1-6(2)10-5-4-7(9-10)8(11)12-3;2-1-3;;;/h4,6,12H,5H2,1-3H3;4-6H,1-3H3;;2*1H4;. The van der Waals surface area contributed by atoms with Crippen molar-refractivity contribution in [2.75, 3.05) is 14.2 Å². The lowest BCUT2D eigenvalue weighted by Crippen LogP contribution is -2.09. The molecule has 0 fully saturated rings. The van der Waals surface area contributed by atoms with Gasteiger partial charge in [-0.25, -0.2) is 9.59 Å². The Kier molecular flexibility index (Phi) is 20.9. The van der Waals surface area contributed by atoms with Crippen molar-refractivity contribution in [3.05, 3.63) is 35.4 Å². The molecule has 0 amide bonds. The highest BCUT2D eigenvalue weighted by Gasteiger charge is 2.15. The molecule has 0 aliphatic rings. The molecular formula is C20H34BN4O7. The lowest BCUT2D eigenvalue weighted by Gasteiger charge is -2.08. The van der Waals surface area contributed by atoms with E-state index in [-0.39, 0.29) is 53.8 Å². The topological polar surface area (TPSA) is 143 Å². The summed E-state index contributed by atoms with van der Waals surface area (Å²) in [4.78, 5) is 38.3. The zero-order valence-corrected chi connectivity index (χ0v) is 17.9. The second kappa shape index (κ2) is 18.5. The van der Waals surface area contributed by atoms with Gasteiger partial charge in [0.1, 0.15) is 0 Å². The molecule has 179 valence electrons. The maximum Gasteiger partial charge on any atom is 0.373 e. The van der Waals surface area contributed by atoms with Gasteiger partial charge in [-0.2, -0.15) is 19.8 Å². The van der Waals surface area contributed by atoms with E-state index in [1.807, 2.05) is 27.7 Å². The summed E-state index contributed by atoms with van der Waals surface area (Å²) >= 11 is 0. The van der Waals surface area contributed by atoms with Crippen LogP contribution >= 0.6 is 0 Å². The van der Waals surface area contributed by atoms with Gasteiger partial charge in [-0.1, -0.05) is 14.9 Å². The molecule has 0 aliphatic heterocycles. The molecule has 2 aromatic heterocycles. The summed E-state index contributed by atoms with van der Waals surface area (Å²) in [6.07, 6.45) is 2.01. The molecule has 0 aromatic carbocycles. The highest BCUT2D eigenvalue weighted by molar-refractivity contribution is 5.87. The van der Waals surface area contributed by atoms with Crippen molar-refractivity contribution in [2.24, 2.45) is 0 Å². The Morgan fingerprint density at radius 1 is 1.00 bits per heavy atom. The molecule has 0 atom stereocenters. The monoisotopic (exact) mass is 453 g/mol. The van der Waals surface area contributed by atoms with E-state index < -0.39 is 11.9 Å². The fourth-order valence-electron chi connectivity index (χ4n) is 2.04. The number of carbonyl (C=O) groups excluding carboxylic acids is 4. The maximum atomic E-state index is 11.1. The number of aliphatic hydroxyl groups is 1. The van der Waals surface area contributed by atoms with Crippen molar-refractivity contribution in [2.45, 2.75) is 61.2 Å². The number of hydrogen-bond donors (Lipinski definition) is 1. The Morgan fingerprint density at radius 3 is 1.78 bits per heavy atom. The summed E-state index contributed by atoms with van der Waals surface area (Å²) in [6, 6.07) is 3.55. The van der Waals surface area contributed by atoms with Crippen molar-refractivity contribution >= 4 is 26.5 Å². The lowest BCUT2D eigenvalue weighted by molar-refractivity contribution is -0.191. The molecule has 32 heavy (non-hydrogen) atoms. The van der Waals surface area contributed by atoms with Crippen LogP contribution in [0.25, 0.3) is 0 Å². The number of nitrogens with zero attached hydrogens (tertiary/aromatic N) is 4. The van der Waals surface area contributed by atoms with Gasteiger partial charge in [-0.15, -0.1) is 0 Å². The van der Waals surface area contributed by atoms with E-state index in [0.29, 0.717) is 11.4 Å². The van der Waals surface area contributed by atoms with Crippen LogP contribution in [-0.2, 0) is 25.7 Å². The fourth-order valence-corrected chi connectivity index (χ4v) is 2.04. The molecule has 2 rings (SSSR count). The first-order valence-corrected chi connectivity index (χ1v) is 8.57. The van der Waals surface area contributed by atoms with Crippen LogP contribution in [0.2, 0.25) is 0 Å². The van der Waals surface area contributed by atoms with Gasteiger partial charge in [-0.05, 0) is 39.8 Å². The predicted molar refractivity (Wildman–Crippen MR) is 118 cm³/mol. The van der Waals surface area contributed by atoms with E-state index in [0.717, 1.165) is 0 Å². The minimum atomic E-state index is -0.487. The summed E-state index contributed by atoms with van der Waals surface area (Å²) in [5, 5.41) is 17.1. The third-order valence-corrected chi connectivity index (χ3v) is 3.39. The molecule has 2 heterocycles. The van der Waals surface area contributed by atoms with Crippen molar-refractivity contribution in [1.82, 2.24) is 19.6 Å². The SMILES string of the molecule is C.C.COC(=O)c1cc(CO)n(C(C)C)n1.COC(=O)c1ccn(C(C)C)n1.O=C=O.[B]. The van der Waals surface area contributed by atoms with Gasteiger partial charge < -0.3 is 14.6 Å². The minimum absolute atomic E-state index is 0. The first-order valence-electron chi connectivity index (χ1n) is 8.57. The molecule has 12 heteroatoms. The zero-order valence-electron chi connectivity index (χ0n) is 17.9. The summed E-state index contributed by atoms with van der Waals surface area (Å²) < 4.78 is 12.4. The van der Waals surface area contributed by atoms with Gasteiger partial charge >= 0.3 is 18.1 Å². The number of aliphatic hydroxyl groups excluding tert-OH is 1. The predicted octanol–water partition coefficient (Wildman–Crippen LogP) is 2.30. The molecule has 0 spiro atoms.